The summed E-state index contributed by atoms with van der Waals surface area (Å²) in [7, 11) is -1.79. The molecule has 1 aliphatic rings. The van der Waals surface area contributed by atoms with E-state index in [4.69, 9.17) is 4.74 Å². The number of benzene rings is 1. The van der Waals surface area contributed by atoms with E-state index in [1.807, 2.05) is 38.1 Å². The molecule has 28 heavy (non-hydrogen) atoms. The number of hydrogen-bond acceptors (Lipinski definition) is 6. The Morgan fingerprint density at radius 3 is 2.71 bits per heavy atom. The van der Waals surface area contributed by atoms with E-state index in [1.54, 1.807) is 7.11 Å². The predicted octanol–water partition coefficient (Wildman–Crippen LogP) is 3.27. The van der Waals surface area contributed by atoms with E-state index in [0.29, 0.717) is 30.9 Å². The number of aromatic nitrogens is 1. The molecule has 7 nitrogen and oxygen atoms in total. The number of carbonyl (C=O) groups is 1. The first kappa shape index (κ1) is 20.8. The van der Waals surface area contributed by atoms with Gasteiger partial charge in [0.15, 0.2) is 5.13 Å². The molecule has 0 saturated carbocycles. The molecule has 1 amide bonds. The third-order valence-electron chi connectivity index (χ3n) is 4.72. The first-order valence-corrected chi connectivity index (χ1v) is 11.7. The lowest BCUT2D eigenvalue weighted by Gasteiger charge is -2.22. The van der Waals surface area contributed by atoms with Gasteiger partial charge in [-0.05, 0) is 50.5 Å². The number of hydrogen-bond donors (Lipinski definition) is 1. The minimum atomic E-state index is -3.41. The number of sulfonamides is 1. The first-order chi connectivity index (χ1) is 13.4. The van der Waals surface area contributed by atoms with E-state index in [1.165, 1.54) is 15.6 Å². The molecule has 9 heteroatoms. The Balaban J connectivity index is 1.75. The summed E-state index contributed by atoms with van der Waals surface area (Å²) in [5, 5.41) is 3.30. The molecule has 0 radical (unpaired) electrons. The van der Waals surface area contributed by atoms with Crippen LogP contribution in [0.5, 0.6) is 5.75 Å². The molecule has 0 spiro atoms. The average molecular weight is 424 g/mol. The van der Waals surface area contributed by atoms with Crippen molar-refractivity contribution in [1.29, 1.82) is 0 Å². The summed E-state index contributed by atoms with van der Waals surface area (Å²) < 4.78 is 31.4. The Bertz CT molecular complexity index is 939. The van der Waals surface area contributed by atoms with Crippen molar-refractivity contribution in [3.8, 4) is 17.0 Å². The standard InChI is InChI=1S/C19H25N3O4S2/c1-4-12-28(24,25)22-11-5-6-16(22)18(23)21-19-20-17(13(2)27-19)14-7-9-15(26-3)10-8-14/h7-10,16H,4-6,11-12H2,1-3H3,(H,20,21,23)/t16-/m0/s1. The molecule has 3 rings (SSSR count). The smallest absolute Gasteiger partial charge is 0.244 e. The van der Waals surface area contributed by atoms with Crippen molar-refractivity contribution >= 4 is 32.4 Å². The van der Waals surface area contributed by atoms with Crippen molar-refractivity contribution < 1.29 is 17.9 Å². The summed E-state index contributed by atoms with van der Waals surface area (Å²) >= 11 is 1.38. The number of nitrogens with one attached hydrogen (secondary N) is 1. The molecule has 1 aromatic heterocycles. The lowest BCUT2D eigenvalue weighted by Crippen LogP contribution is -2.44. The second-order valence-electron chi connectivity index (χ2n) is 6.73. The van der Waals surface area contributed by atoms with Crippen LogP contribution in [0.25, 0.3) is 11.3 Å². The molecule has 1 atom stereocenters. The van der Waals surface area contributed by atoms with Gasteiger partial charge < -0.3 is 10.1 Å². The molecular formula is C19H25N3O4S2. The molecular weight excluding hydrogens is 398 g/mol. The Labute approximate surface area is 169 Å². The average Bonchev–Trinajstić information content (AvgIpc) is 3.29. The molecule has 1 saturated heterocycles. The van der Waals surface area contributed by atoms with Gasteiger partial charge in [0, 0.05) is 17.0 Å². The zero-order chi connectivity index (χ0) is 20.3. The monoisotopic (exact) mass is 423 g/mol. The summed E-state index contributed by atoms with van der Waals surface area (Å²) in [4.78, 5) is 18.3. The molecule has 0 bridgehead atoms. The number of amides is 1. The number of ether oxygens (including phenoxy) is 1. The van der Waals surface area contributed by atoms with Gasteiger partial charge in [0.25, 0.3) is 0 Å². The van der Waals surface area contributed by atoms with Crippen molar-refractivity contribution in [3.05, 3.63) is 29.1 Å². The van der Waals surface area contributed by atoms with E-state index in [0.717, 1.165) is 21.9 Å². The van der Waals surface area contributed by atoms with Crippen LogP contribution >= 0.6 is 11.3 Å². The molecule has 152 valence electrons. The number of carbonyl (C=O) groups excluding carboxylic acids is 1. The Morgan fingerprint density at radius 2 is 2.07 bits per heavy atom. The molecule has 1 fully saturated rings. The zero-order valence-corrected chi connectivity index (χ0v) is 17.9. The number of aryl methyl sites for hydroxylation is 1. The van der Waals surface area contributed by atoms with Gasteiger partial charge in [-0.1, -0.05) is 6.92 Å². The van der Waals surface area contributed by atoms with E-state index in [9.17, 15) is 13.2 Å². The highest BCUT2D eigenvalue weighted by molar-refractivity contribution is 7.89. The maximum absolute atomic E-state index is 12.7. The SMILES string of the molecule is CCCS(=O)(=O)N1CCC[C@H]1C(=O)Nc1nc(-c2ccc(OC)cc2)c(C)s1. The van der Waals surface area contributed by atoms with Gasteiger partial charge in [-0.15, -0.1) is 11.3 Å². The molecule has 2 aromatic rings. The van der Waals surface area contributed by atoms with E-state index in [-0.39, 0.29) is 11.7 Å². The van der Waals surface area contributed by atoms with Crippen LogP contribution in [-0.2, 0) is 14.8 Å². The van der Waals surface area contributed by atoms with Crippen LogP contribution in [0.15, 0.2) is 24.3 Å². The van der Waals surface area contributed by atoms with Crippen molar-refractivity contribution in [1.82, 2.24) is 9.29 Å². The van der Waals surface area contributed by atoms with Crippen molar-refractivity contribution in [2.45, 2.75) is 39.2 Å². The summed E-state index contributed by atoms with van der Waals surface area (Å²) in [5.74, 6) is 0.515. The lowest BCUT2D eigenvalue weighted by atomic mass is 10.1. The fourth-order valence-corrected chi connectivity index (χ4v) is 5.95. The van der Waals surface area contributed by atoms with Crippen molar-refractivity contribution in [2.24, 2.45) is 0 Å². The molecule has 1 N–H and O–H groups in total. The first-order valence-electron chi connectivity index (χ1n) is 9.28. The summed E-state index contributed by atoms with van der Waals surface area (Å²) in [5.41, 5.74) is 1.73. The van der Waals surface area contributed by atoms with Gasteiger partial charge >= 0.3 is 0 Å². The van der Waals surface area contributed by atoms with Crippen molar-refractivity contribution in [2.75, 3.05) is 24.7 Å². The summed E-state index contributed by atoms with van der Waals surface area (Å²) in [6.45, 7) is 4.16. The topological polar surface area (TPSA) is 88.6 Å². The van der Waals surface area contributed by atoms with Gasteiger partial charge in [-0.2, -0.15) is 4.31 Å². The molecule has 2 heterocycles. The van der Waals surface area contributed by atoms with Crippen LogP contribution in [0, 0.1) is 6.92 Å². The maximum Gasteiger partial charge on any atom is 0.244 e. The Hall–Kier alpha value is -1.97. The highest BCUT2D eigenvalue weighted by Gasteiger charge is 2.38. The van der Waals surface area contributed by atoms with E-state index < -0.39 is 16.1 Å². The highest BCUT2D eigenvalue weighted by Crippen LogP contribution is 2.32. The quantitative estimate of drug-likeness (QED) is 0.738. The van der Waals surface area contributed by atoms with Crippen molar-refractivity contribution in [3.63, 3.8) is 0 Å². The Kier molecular flexibility index (Phi) is 6.36. The van der Waals surface area contributed by atoms with Crippen LogP contribution in [0.1, 0.15) is 31.1 Å². The maximum atomic E-state index is 12.7. The number of methoxy groups -OCH3 is 1. The summed E-state index contributed by atoms with van der Waals surface area (Å²) in [6.07, 6.45) is 1.75. The van der Waals surface area contributed by atoms with Crippen LogP contribution in [0.2, 0.25) is 0 Å². The van der Waals surface area contributed by atoms with E-state index in [2.05, 4.69) is 10.3 Å². The Morgan fingerprint density at radius 1 is 1.36 bits per heavy atom. The van der Waals surface area contributed by atoms with Gasteiger partial charge in [0.2, 0.25) is 15.9 Å². The minimum Gasteiger partial charge on any atom is -0.497 e. The number of nitrogens with zero attached hydrogens (tertiary/aromatic N) is 2. The number of anilines is 1. The molecule has 1 aromatic carbocycles. The molecule has 0 aliphatic carbocycles. The molecule has 0 unspecified atom stereocenters. The van der Waals surface area contributed by atoms with Crippen LogP contribution in [0.4, 0.5) is 5.13 Å². The minimum absolute atomic E-state index is 0.0642. The third kappa shape index (κ3) is 4.37. The van der Waals surface area contributed by atoms with Gasteiger partial charge in [0.05, 0.1) is 18.6 Å². The molecule has 1 aliphatic heterocycles. The predicted molar refractivity (Wildman–Crippen MR) is 111 cm³/mol. The van der Waals surface area contributed by atoms with Gasteiger partial charge in [-0.3, -0.25) is 4.79 Å². The number of rotatable bonds is 7. The largest absolute Gasteiger partial charge is 0.497 e. The third-order valence-corrected chi connectivity index (χ3v) is 7.68. The van der Waals surface area contributed by atoms with Crippen LogP contribution in [0.3, 0.4) is 0 Å². The highest BCUT2D eigenvalue weighted by atomic mass is 32.2. The normalized spacial score (nSPS) is 17.6. The van der Waals surface area contributed by atoms with Gasteiger partial charge in [-0.25, -0.2) is 13.4 Å². The second-order valence-corrected chi connectivity index (χ2v) is 9.97. The van der Waals surface area contributed by atoms with Crippen LogP contribution < -0.4 is 10.1 Å². The fourth-order valence-electron chi connectivity index (χ4n) is 3.37. The summed E-state index contributed by atoms with van der Waals surface area (Å²) in [6, 6.07) is 6.90. The zero-order valence-electron chi connectivity index (χ0n) is 16.3. The van der Waals surface area contributed by atoms with Gasteiger partial charge in [0.1, 0.15) is 11.8 Å². The van der Waals surface area contributed by atoms with E-state index >= 15 is 0 Å². The number of thiazole rings is 1. The lowest BCUT2D eigenvalue weighted by molar-refractivity contribution is -0.119. The van der Waals surface area contributed by atoms with Crippen LogP contribution in [-0.4, -0.2) is 49.1 Å². The second kappa shape index (κ2) is 8.59. The fraction of sp³-hybridized carbons (Fsp3) is 0.474.